The summed E-state index contributed by atoms with van der Waals surface area (Å²) >= 11 is 0. The van der Waals surface area contributed by atoms with Gasteiger partial charge < -0.3 is 10.1 Å². The largest absolute Gasteiger partial charge is 0.373 e. The van der Waals surface area contributed by atoms with Crippen molar-refractivity contribution in [2.24, 2.45) is 7.05 Å². The van der Waals surface area contributed by atoms with Crippen LogP contribution in [0.2, 0.25) is 0 Å². The van der Waals surface area contributed by atoms with E-state index in [1.807, 2.05) is 32.0 Å². The van der Waals surface area contributed by atoms with Gasteiger partial charge in [0, 0.05) is 25.7 Å². The number of amides is 1. The summed E-state index contributed by atoms with van der Waals surface area (Å²) in [4.78, 5) is 26.1. The van der Waals surface area contributed by atoms with E-state index in [-0.39, 0.29) is 47.0 Å². The van der Waals surface area contributed by atoms with Gasteiger partial charge in [0.1, 0.15) is 5.69 Å². The lowest BCUT2D eigenvalue weighted by atomic mass is 10.2. The number of morpholine rings is 1. The zero-order valence-electron chi connectivity index (χ0n) is 19.6. The Morgan fingerprint density at radius 2 is 1.68 bits per heavy atom. The Bertz CT molecular complexity index is 1370. The average Bonchev–Trinajstić information content (AvgIpc) is 3.02. The summed E-state index contributed by atoms with van der Waals surface area (Å²) in [5, 5.41) is 2.68. The average molecular weight is 485 g/mol. The third-order valence-corrected chi connectivity index (χ3v) is 7.74. The van der Waals surface area contributed by atoms with Crippen molar-refractivity contribution in [2.45, 2.75) is 37.9 Å². The van der Waals surface area contributed by atoms with Gasteiger partial charge in [-0.05, 0) is 51.1 Å². The van der Waals surface area contributed by atoms with Gasteiger partial charge in [0.15, 0.2) is 0 Å². The number of aromatic nitrogens is 2. The molecule has 180 valence electrons. The Balaban J connectivity index is 1.63. The number of hydrogen-bond donors (Lipinski definition) is 1. The van der Waals surface area contributed by atoms with Gasteiger partial charge in [-0.2, -0.15) is 4.31 Å². The van der Waals surface area contributed by atoms with E-state index in [0.29, 0.717) is 11.4 Å². The number of carbonyl (C=O) groups excluding carboxylic acids is 1. The number of nitrogens with one attached hydrogen (secondary N) is 1. The highest BCUT2D eigenvalue weighted by Crippen LogP contribution is 2.22. The molecule has 1 aliphatic rings. The van der Waals surface area contributed by atoms with Crippen LogP contribution in [0.5, 0.6) is 0 Å². The molecule has 2 heterocycles. The predicted octanol–water partition coefficient (Wildman–Crippen LogP) is 2.53. The normalized spacial score (nSPS) is 19.2. The number of benzene rings is 2. The van der Waals surface area contributed by atoms with Gasteiger partial charge in [-0.3, -0.25) is 14.3 Å². The fourth-order valence-corrected chi connectivity index (χ4v) is 5.81. The Kier molecular flexibility index (Phi) is 6.48. The van der Waals surface area contributed by atoms with Crippen LogP contribution in [-0.2, 0) is 21.8 Å². The minimum absolute atomic E-state index is 0.0212. The van der Waals surface area contributed by atoms with Crippen LogP contribution in [0.1, 0.15) is 29.9 Å². The molecule has 1 aliphatic heterocycles. The van der Waals surface area contributed by atoms with Crippen LogP contribution in [0, 0.1) is 6.92 Å². The summed E-state index contributed by atoms with van der Waals surface area (Å²) in [5.74, 6) is -0.563. The summed E-state index contributed by atoms with van der Waals surface area (Å²) in [6.07, 6.45) is -0.448. The van der Waals surface area contributed by atoms with Crippen molar-refractivity contribution in [3.63, 3.8) is 0 Å². The molecule has 4 rings (SSSR count). The summed E-state index contributed by atoms with van der Waals surface area (Å²) in [6.45, 7) is 5.87. The Labute approximate surface area is 198 Å². The number of sulfonamides is 1. The van der Waals surface area contributed by atoms with E-state index in [2.05, 4.69) is 5.32 Å². The maximum absolute atomic E-state index is 13.2. The zero-order valence-corrected chi connectivity index (χ0v) is 20.4. The smallest absolute Gasteiger partial charge is 0.295 e. The van der Waals surface area contributed by atoms with Crippen molar-refractivity contribution in [3.8, 4) is 5.69 Å². The van der Waals surface area contributed by atoms with Gasteiger partial charge in [0.2, 0.25) is 10.0 Å². The van der Waals surface area contributed by atoms with E-state index in [9.17, 15) is 18.0 Å². The number of anilines is 1. The SMILES string of the molecule is Cc1c(NC(=O)c2cccc(S(=O)(=O)N3C[C@@H](C)O[C@H](C)C3)c2)c(=O)n(-c2ccccc2)n1C. The summed E-state index contributed by atoms with van der Waals surface area (Å²) in [7, 11) is -2.08. The Morgan fingerprint density at radius 3 is 2.32 bits per heavy atom. The molecular weight excluding hydrogens is 456 g/mol. The highest BCUT2D eigenvalue weighted by molar-refractivity contribution is 7.89. The van der Waals surface area contributed by atoms with Crippen LogP contribution in [0.4, 0.5) is 5.69 Å². The molecule has 1 fully saturated rings. The molecule has 0 bridgehead atoms. The van der Waals surface area contributed by atoms with Gasteiger partial charge in [-0.1, -0.05) is 24.3 Å². The molecule has 0 spiro atoms. The van der Waals surface area contributed by atoms with E-state index in [0.717, 1.165) is 0 Å². The van der Waals surface area contributed by atoms with E-state index >= 15 is 0 Å². The van der Waals surface area contributed by atoms with Crippen LogP contribution in [0.25, 0.3) is 5.69 Å². The van der Waals surface area contributed by atoms with Gasteiger partial charge in [-0.15, -0.1) is 0 Å². The highest BCUT2D eigenvalue weighted by Gasteiger charge is 2.32. The first-order valence-electron chi connectivity index (χ1n) is 11.0. The van der Waals surface area contributed by atoms with Crippen LogP contribution < -0.4 is 10.9 Å². The molecule has 0 saturated carbocycles. The molecule has 1 N–H and O–H groups in total. The maximum atomic E-state index is 13.2. The molecule has 9 nitrogen and oxygen atoms in total. The second-order valence-corrected chi connectivity index (χ2v) is 10.4. The third-order valence-electron chi connectivity index (χ3n) is 5.91. The number of ether oxygens (including phenoxy) is 1. The van der Waals surface area contributed by atoms with Crippen LogP contribution in [-0.4, -0.2) is 53.3 Å². The summed E-state index contributed by atoms with van der Waals surface area (Å²) in [6, 6.07) is 14.9. The van der Waals surface area contributed by atoms with Crippen LogP contribution >= 0.6 is 0 Å². The van der Waals surface area contributed by atoms with E-state index in [4.69, 9.17) is 4.74 Å². The maximum Gasteiger partial charge on any atom is 0.295 e. The molecule has 2 aromatic carbocycles. The first kappa shape index (κ1) is 23.9. The molecule has 1 aromatic heterocycles. The van der Waals surface area contributed by atoms with Gasteiger partial charge >= 0.3 is 0 Å². The van der Waals surface area contributed by atoms with Crippen molar-refractivity contribution in [3.05, 3.63) is 76.2 Å². The fraction of sp³-hybridized carbons (Fsp3) is 0.333. The van der Waals surface area contributed by atoms with E-state index in [1.54, 1.807) is 30.8 Å². The number of carbonyl (C=O) groups is 1. The number of para-hydroxylation sites is 1. The molecule has 0 aliphatic carbocycles. The van der Waals surface area contributed by atoms with Crippen LogP contribution in [0.15, 0.2) is 64.3 Å². The lowest BCUT2D eigenvalue weighted by molar-refractivity contribution is -0.0440. The Hall–Kier alpha value is -3.21. The molecule has 1 amide bonds. The van der Waals surface area contributed by atoms with Gasteiger partial charge in [0.05, 0.1) is 28.5 Å². The lowest BCUT2D eigenvalue weighted by Gasteiger charge is -2.34. The van der Waals surface area contributed by atoms with Crippen LogP contribution in [0.3, 0.4) is 0 Å². The molecule has 2 atom stereocenters. The molecule has 10 heteroatoms. The van der Waals surface area contributed by atoms with Gasteiger partial charge in [-0.25, -0.2) is 13.1 Å². The monoisotopic (exact) mass is 484 g/mol. The second-order valence-electron chi connectivity index (χ2n) is 8.50. The zero-order chi connectivity index (χ0) is 24.6. The fourth-order valence-electron chi connectivity index (χ4n) is 4.17. The molecular formula is C24H28N4O5S. The van der Waals surface area contributed by atoms with Crippen molar-refractivity contribution < 1.29 is 17.9 Å². The third kappa shape index (κ3) is 4.44. The van der Waals surface area contributed by atoms with E-state index in [1.165, 1.54) is 33.3 Å². The molecule has 34 heavy (non-hydrogen) atoms. The highest BCUT2D eigenvalue weighted by atomic mass is 32.2. The topological polar surface area (TPSA) is 103 Å². The van der Waals surface area contributed by atoms with Crippen molar-refractivity contribution in [1.82, 2.24) is 13.7 Å². The van der Waals surface area contributed by atoms with Gasteiger partial charge in [0.25, 0.3) is 11.5 Å². The molecule has 3 aromatic rings. The standard InChI is InChI=1S/C24H28N4O5S/c1-16-14-27(15-17(2)33-16)34(31,32)21-12-8-9-19(13-21)23(29)25-22-18(3)26(4)28(24(22)30)20-10-6-5-7-11-20/h5-13,16-17H,14-15H2,1-4H3,(H,25,29)/t16-,17-/m1/s1. The second kappa shape index (κ2) is 9.21. The quantitative estimate of drug-likeness (QED) is 0.600. The minimum Gasteiger partial charge on any atom is -0.373 e. The minimum atomic E-state index is -3.81. The number of nitrogens with zero attached hydrogens (tertiary/aromatic N) is 3. The number of hydrogen-bond acceptors (Lipinski definition) is 5. The molecule has 1 saturated heterocycles. The van der Waals surface area contributed by atoms with Crippen molar-refractivity contribution in [2.75, 3.05) is 18.4 Å². The first-order chi connectivity index (χ1) is 16.1. The summed E-state index contributed by atoms with van der Waals surface area (Å²) < 4.78 is 36.6. The Morgan fingerprint density at radius 1 is 1.03 bits per heavy atom. The summed E-state index contributed by atoms with van der Waals surface area (Å²) in [5.41, 5.74) is 1.15. The van der Waals surface area contributed by atoms with Crippen molar-refractivity contribution >= 4 is 21.6 Å². The number of rotatable bonds is 5. The lowest BCUT2D eigenvalue weighted by Crippen LogP contribution is -2.48. The van der Waals surface area contributed by atoms with E-state index < -0.39 is 15.9 Å². The first-order valence-corrected chi connectivity index (χ1v) is 12.4. The van der Waals surface area contributed by atoms with Crippen molar-refractivity contribution in [1.29, 1.82) is 0 Å². The molecule has 0 unspecified atom stereocenters. The predicted molar refractivity (Wildman–Crippen MR) is 129 cm³/mol. The molecule has 0 radical (unpaired) electrons.